The Balaban J connectivity index is 2.12. The second kappa shape index (κ2) is 7.40. The molecule has 0 aliphatic heterocycles. The Morgan fingerprint density at radius 2 is 1.74 bits per heavy atom. The lowest BCUT2D eigenvalue weighted by atomic mass is 10.1. The van der Waals surface area contributed by atoms with E-state index in [0.717, 1.165) is 15.4 Å². The molecule has 2 nitrogen and oxygen atoms in total. The highest BCUT2D eigenvalue weighted by Crippen LogP contribution is 2.35. The molecular formula is C16H13BrF3NOS. The van der Waals surface area contributed by atoms with E-state index in [4.69, 9.17) is 0 Å². The molecular weight excluding hydrogens is 391 g/mol. The second-order valence-corrected chi connectivity index (χ2v) is 6.96. The third kappa shape index (κ3) is 4.75. The number of hydrogen-bond donors (Lipinski definition) is 1. The standard InChI is InChI=1S/C16H13BrF3NOS/c1-10(23-14-9-5-3-7-12(14)17)15(22)21-13-8-4-2-6-11(13)16(18,19)20/h2-10H,1H3,(H,21,22). The molecule has 7 heteroatoms. The molecule has 0 saturated carbocycles. The number of carbonyl (C=O) groups is 1. The van der Waals surface area contributed by atoms with Crippen LogP contribution in [-0.2, 0) is 11.0 Å². The van der Waals surface area contributed by atoms with Crippen molar-refractivity contribution >= 4 is 39.3 Å². The van der Waals surface area contributed by atoms with Gasteiger partial charge in [0.2, 0.25) is 5.91 Å². The van der Waals surface area contributed by atoms with Crippen molar-refractivity contribution in [1.82, 2.24) is 0 Å². The van der Waals surface area contributed by atoms with Crippen molar-refractivity contribution in [2.75, 3.05) is 5.32 Å². The van der Waals surface area contributed by atoms with Crippen LogP contribution in [0, 0.1) is 0 Å². The van der Waals surface area contributed by atoms with Gasteiger partial charge in [0.1, 0.15) is 0 Å². The highest BCUT2D eigenvalue weighted by atomic mass is 79.9. The first-order valence-electron chi connectivity index (χ1n) is 6.67. The van der Waals surface area contributed by atoms with Gasteiger partial charge in [0.15, 0.2) is 0 Å². The number of benzene rings is 2. The Morgan fingerprint density at radius 1 is 1.13 bits per heavy atom. The number of hydrogen-bond acceptors (Lipinski definition) is 2. The fourth-order valence-corrected chi connectivity index (χ4v) is 3.31. The van der Waals surface area contributed by atoms with Gasteiger partial charge in [-0.3, -0.25) is 4.79 Å². The Morgan fingerprint density at radius 3 is 2.39 bits per heavy atom. The first kappa shape index (κ1) is 17.9. The van der Waals surface area contributed by atoms with Gasteiger partial charge in [-0.2, -0.15) is 13.2 Å². The Kier molecular flexibility index (Phi) is 5.75. The molecule has 2 aromatic rings. The van der Waals surface area contributed by atoms with Crippen LogP contribution in [0.2, 0.25) is 0 Å². The number of nitrogens with one attached hydrogen (secondary N) is 1. The maximum Gasteiger partial charge on any atom is 0.418 e. The van der Waals surface area contributed by atoms with E-state index in [9.17, 15) is 18.0 Å². The smallest absolute Gasteiger partial charge is 0.325 e. The van der Waals surface area contributed by atoms with Crippen molar-refractivity contribution in [3.8, 4) is 0 Å². The molecule has 1 N–H and O–H groups in total. The highest BCUT2D eigenvalue weighted by Gasteiger charge is 2.33. The van der Waals surface area contributed by atoms with Gasteiger partial charge in [0.05, 0.1) is 16.5 Å². The molecule has 2 aromatic carbocycles. The van der Waals surface area contributed by atoms with Gasteiger partial charge in [-0.05, 0) is 47.1 Å². The van der Waals surface area contributed by atoms with E-state index in [1.807, 2.05) is 24.3 Å². The number of thioether (sulfide) groups is 1. The first-order chi connectivity index (χ1) is 10.8. The van der Waals surface area contributed by atoms with Crippen LogP contribution in [-0.4, -0.2) is 11.2 Å². The molecule has 0 heterocycles. The molecule has 0 aliphatic carbocycles. The normalized spacial score (nSPS) is 12.7. The van der Waals surface area contributed by atoms with Crippen LogP contribution in [0.15, 0.2) is 57.9 Å². The fourth-order valence-electron chi connectivity index (χ4n) is 1.86. The minimum atomic E-state index is -4.51. The molecule has 0 spiro atoms. The second-order valence-electron chi connectivity index (χ2n) is 4.72. The average molecular weight is 404 g/mol. The number of halogens is 4. The lowest BCUT2D eigenvalue weighted by molar-refractivity contribution is -0.137. The number of alkyl halides is 3. The summed E-state index contributed by atoms with van der Waals surface area (Å²) in [6, 6.07) is 12.3. The number of amides is 1. The van der Waals surface area contributed by atoms with Crippen LogP contribution in [0.3, 0.4) is 0 Å². The summed E-state index contributed by atoms with van der Waals surface area (Å²) < 4.78 is 39.6. The quantitative estimate of drug-likeness (QED) is 0.674. The summed E-state index contributed by atoms with van der Waals surface area (Å²) in [7, 11) is 0. The van der Waals surface area contributed by atoms with Crippen molar-refractivity contribution in [2.45, 2.75) is 23.2 Å². The number of para-hydroxylation sites is 1. The Hall–Kier alpha value is -1.47. The fraction of sp³-hybridized carbons (Fsp3) is 0.188. The van der Waals surface area contributed by atoms with Crippen LogP contribution < -0.4 is 5.32 Å². The minimum Gasteiger partial charge on any atom is -0.325 e. The molecule has 1 amide bonds. The van der Waals surface area contributed by atoms with E-state index in [1.54, 1.807) is 6.92 Å². The number of carbonyl (C=O) groups excluding carboxylic acids is 1. The van der Waals surface area contributed by atoms with E-state index in [0.29, 0.717) is 0 Å². The zero-order valence-corrected chi connectivity index (χ0v) is 14.4. The summed E-state index contributed by atoms with van der Waals surface area (Å²) >= 11 is 4.65. The third-order valence-corrected chi connectivity index (χ3v) is 5.13. The summed E-state index contributed by atoms with van der Waals surface area (Å²) in [5.74, 6) is -0.484. The molecule has 0 bridgehead atoms. The van der Waals surface area contributed by atoms with Gasteiger partial charge in [-0.15, -0.1) is 11.8 Å². The van der Waals surface area contributed by atoms with E-state index in [2.05, 4.69) is 21.2 Å². The summed E-state index contributed by atoms with van der Waals surface area (Å²) in [6.07, 6.45) is -4.51. The van der Waals surface area contributed by atoms with E-state index in [-0.39, 0.29) is 5.69 Å². The van der Waals surface area contributed by atoms with E-state index in [1.165, 1.54) is 30.0 Å². The average Bonchev–Trinajstić information content (AvgIpc) is 2.49. The van der Waals surface area contributed by atoms with Crippen LogP contribution in [0.25, 0.3) is 0 Å². The largest absolute Gasteiger partial charge is 0.418 e. The molecule has 0 aliphatic rings. The summed E-state index contributed by atoms with van der Waals surface area (Å²) in [5.41, 5.74) is -1.09. The molecule has 23 heavy (non-hydrogen) atoms. The molecule has 122 valence electrons. The van der Waals surface area contributed by atoms with E-state index < -0.39 is 22.9 Å². The maximum absolute atomic E-state index is 12.9. The topological polar surface area (TPSA) is 29.1 Å². The van der Waals surface area contributed by atoms with Crippen LogP contribution in [0.5, 0.6) is 0 Å². The summed E-state index contributed by atoms with van der Waals surface area (Å²) in [4.78, 5) is 13.0. The van der Waals surface area contributed by atoms with Gasteiger partial charge >= 0.3 is 6.18 Å². The summed E-state index contributed by atoms with van der Waals surface area (Å²) in [5, 5.41) is 1.82. The molecule has 0 saturated heterocycles. The van der Waals surface area contributed by atoms with Crippen LogP contribution >= 0.6 is 27.7 Å². The van der Waals surface area contributed by atoms with Gasteiger partial charge in [-0.1, -0.05) is 24.3 Å². The minimum absolute atomic E-state index is 0.232. The van der Waals surface area contributed by atoms with Crippen molar-refractivity contribution in [2.24, 2.45) is 0 Å². The lowest BCUT2D eigenvalue weighted by Crippen LogP contribution is -2.24. The van der Waals surface area contributed by atoms with Crippen molar-refractivity contribution in [3.05, 3.63) is 58.6 Å². The van der Waals surface area contributed by atoms with Crippen LogP contribution in [0.4, 0.5) is 18.9 Å². The van der Waals surface area contributed by atoms with Gasteiger partial charge in [0, 0.05) is 9.37 Å². The van der Waals surface area contributed by atoms with Crippen molar-refractivity contribution < 1.29 is 18.0 Å². The lowest BCUT2D eigenvalue weighted by Gasteiger charge is -2.16. The first-order valence-corrected chi connectivity index (χ1v) is 8.34. The predicted octanol–water partition coefficient (Wildman–Crippen LogP) is 5.59. The van der Waals surface area contributed by atoms with E-state index >= 15 is 0 Å². The van der Waals surface area contributed by atoms with Crippen molar-refractivity contribution in [1.29, 1.82) is 0 Å². The molecule has 0 aromatic heterocycles. The highest BCUT2D eigenvalue weighted by molar-refractivity contribution is 9.10. The third-order valence-electron chi connectivity index (χ3n) is 3.00. The summed E-state index contributed by atoms with van der Waals surface area (Å²) in [6.45, 7) is 1.65. The zero-order valence-electron chi connectivity index (χ0n) is 12.0. The monoisotopic (exact) mass is 403 g/mol. The molecule has 0 radical (unpaired) electrons. The zero-order chi connectivity index (χ0) is 17.0. The van der Waals surface area contributed by atoms with Crippen LogP contribution in [0.1, 0.15) is 12.5 Å². The molecule has 1 atom stereocenters. The number of rotatable bonds is 4. The maximum atomic E-state index is 12.9. The SMILES string of the molecule is CC(Sc1ccccc1Br)C(=O)Nc1ccccc1C(F)(F)F. The predicted molar refractivity (Wildman–Crippen MR) is 89.5 cm³/mol. The Labute approximate surface area is 144 Å². The molecule has 1 unspecified atom stereocenters. The molecule has 2 rings (SSSR count). The van der Waals surface area contributed by atoms with Gasteiger partial charge in [-0.25, -0.2) is 0 Å². The van der Waals surface area contributed by atoms with Gasteiger partial charge in [0.25, 0.3) is 0 Å². The molecule has 0 fully saturated rings. The Bertz CT molecular complexity index is 706. The van der Waals surface area contributed by atoms with Crippen molar-refractivity contribution in [3.63, 3.8) is 0 Å². The number of anilines is 1. The van der Waals surface area contributed by atoms with Gasteiger partial charge < -0.3 is 5.32 Å².